The highest BCUT2D eigenvalue weighted by Crippen LogP contribution is 2.18. The van der Waals surface area contributed by atoms with Gasteiger partial charge in [0.25, 0.3) is 5.91 Å². The fourth-order valence-corrected chi connectivity index (χ4v) is 3.11. The molecule has 3 rings (SSSR count). The van der Waals surface area contributed by atoms with Gasteiger partial charge >= 0.3 is 0 Å². The average Bonchev–Trinajstić information content (AvgIpc) is 2.64. The van der Waals surface area contributed by atoms with Gasteiger partial charge in [0.2, 0.25) is 5.95 Å². The van der Waals surface area contributed by atoms with E-state index in [1.807, 2.05) is 17.9 Å². The lowest BCUT2D eigenvalue weighted by Crippen LogP contribution is -2.48. The molecule has 6 heteroatoms. The molecule has 6 nitrogen and oxygen atoms in total. The third-order valence-electron chi connectivity index (χ3n) is 4.94. The first kappa shape index (κ1) is 18.3. The van der Waals surface area contributed by atoms with E-state index in [9.17, 15) is 4.79 Å². The van der Waals surface area contributed by atoms with Crippen molar-refractivity contribution in [2.75, 3.05) is 38.0 Å². The maximum atomic E-state index is 12.8. The molecule has 0 saturated carbocycles. The van der Waals surface area contributed by atoms with Crippen LogP contribution in [0.25, 0.3) is 0 Å². The van der Waals surface area contributed by atoms with Crippen LogP contribution < -0.4 is 5.32 Å². The number of piperazine rings is 1. The Balaban J connectivity index is 1.76. The van der Waals surface area contributed by atoms with E-state index >= 15 is 0 Å². The number of nitrogens with one attached hydrogen (secondary N) is 1. The molecular weight excluding hydrogens is 326 g/mol. The summed E-state index contributed by atoms with van der Waals surface area (Å²) in [6.45, 7) is 12.5. The number of rotatable bonds is 4. The molecular formula is C20H27N5O. The smallest absolute Gasteiger partial charge is 0.272 e. The number of hydrogen-bond donors (Lipinski definition) is 1. The second-order valence-electron chi connectivity index (χ2n) is 6.87. The fourth-order valence-electron chi connectivity index (χ4n) is 3.11. The molecule has 1 amide bonds. The summed E-state index contributed by atoms with van der Waals surface area (Å²) in [6, 6.07) is 7.89. The van der Waals surface area contributed by atoms with Crippen molar-refractivity contribution in [3.8, 4) is 0 Å². The molecule has 1 N–H and O–H groups in total. The number of aromatic nitrogens is 2. The van der Waals surface area contributed by atoms with Gasteiger partial charge in [0.15, 0.2) is 0 Å². The molecule has 138 valence electrons. The van der Waals surface area contributed by atoms with Crippen molar-refractivity contribution in [3.05, 3.63) is 46.8 Å². The van der Waals surface area contributed by atoms with Gasteiger partial charge in [0, 0.05) is 37.6 Å². The SMILES string of the molecule is CCN1CCN(C(=O)c2cc(C)nc(Nc3ccc(C)c(C)c3)n2)CC1. The van der Waals surface area contributed by atoms with Gasteiger partial charge in [0.05, 0.1) is 0 Å². The van der Waals surface area contributed by atoms with Crippen LogP contribution in [0.15, 0.2) is 24.3 Å². The van der Waals surface area contributed by atoms with Gasteiger partial charge in [0.1, 0.15) is 5.69 Å². The molecule has 0 unspecified atom stereocenters. The number of carbonyl (C=O) groups is 1. The van der Waals surface area contributed by atoms with Gasteiger partial charge in [-0.05, 0) is 56.6 Å². The van der Waals surface area contributed by atoms with Gasteiger partial charge in [-0.3, -0.25) is 4.79 Å². The van der Waals surface area contributed by atoms with Crippen LogP contribution in [0.3, 0.4) is 0 Å². The first-order valence-corrected chi connectivity index (χ1v) is 9.18. The first-order valence-electron chi connectivity index (χ1n) is 9.18. The highest BCUT2D eigenvalue weighted by atomic mass is 16.2. The van der Waals surface area contributed by atoms with Crippen LogP contribution in [0.2, 0.25) is 0 Å². The minimum absolute atomic E-state index is 0.0191. The monoisotopic (exact) mass is 353 g/mol. The molecule has 2 heterocycles. The first-order chi connectivity index (χ1) is 12.5. The number of anilines is 2. The summed E-state index contributed by atoms with van der Waals surface area (Å²) in [7, 11) is 0. The zero-order valence-corrected chi connectivity index (χ0v) is 16.0. The van der Waals surface area contributed by atoms with E-state index < -0.39 is 0 Å². The van der Waals surface area contributed by atoms with E-state index in [2.05, 4.69) is 53.1 Å². The quantitative estimate of drug-likeness (QED) is 0.916. The summed E-state index contributed by atoms with van der Waals surface area (Å²) in [5.41, 5.74) is 4.60. The number of hydrogen-bond acceptors (Lipinski definition) is 5. The van der Waals surface area contributed by atoms with E-state index in [0.717, 1.165) is 44.1 Å². The summed E-state index contributed by atoms with van der Waals surface area (Å²) in [4.78, 5) is 26.0. The average molecular weight is 353 g/mol. The highest BCUT2D eigenvalue weighted by Gasteiger charge is 2.23. The standard InChI is InChI=1S/C20H27N5O/c1-5-24-8-10-25(11-9-24)19(26)18-13-16(4)21-20(23-18)22-17-7-6-14(2)15(3)12-17/h6-7,12-13H,5,8-11H2,1-4H3,(H,21,22,23). The van der Waals surface area contributed by atoms with Crippen LogP contribution >= 0.6 is 0 Å². The molecule has 0 radical (unpaired) electrons. The van der Waals surface area contributed by atoms with Crippen molar-refractivity contribution in [3.63, 3.8) is 0 Å². The number of carbonyl (C=O) groups excluding carboxylic acids is 1. The van der Waals surface area contributed by atoms with Gasteiger partial charge in [-0.25, -0.2) is 9.97 Å². The van der Waals surface area contributed by atoms with E-state index in [4.69, 9.17) is 0 Å². The van der Waals surface area contributed by atoms with Crippen molar-refractivity contribution >= 4 is 17.5 Å². The molecule has 0 bridgehead atoms. The van der Waals surface area contributed by atoms with Crippen LogP contribution in [0.4, 0.5) is 11.6 Å². The summed E-state index contributed by atoms with van der Waals surface area (Å²) >= 11 is 0. The molecule has 1 aliphatic heterocycles. The van der Waals surface area contributed by atoms with Crippen LogP contribution in [-0.4, -0.2) is 58.4 Å². The normalized spacial score (nSPS) is 15.2. The van der Waals surface area contributed by atoms with Crippen molar-refractivity contribution in [2.45, 2.75) is 27.7 Å². The zero-order chi connectivity index (χ0) is 18.7. The number of nitrogens with zero attached hydrogens (tertiary/aromatic N) is 4. The number of aryl methyl sites for hydroxylation is 3. The Hall–Kier alpha value is -2.47. The predicted molar refractivity (Wildman–Crippen MR) is 104 cm³/mol. The van der Waals surface area contributed by atoms with Gasteiger partial charge in [-0.1, -0.05) is 13.0 Å². The van der Waals surface area contributed by atoms with Gasteiger partial charge in [-0.15, -0.1) is 0 Å². The minimum Gasteiger partial charge on any atom is -0.335 e. The lowest BCUT2D eigenvalue weighted by molar-refractivity contribution is 0.0637. The van der Waals surface area contributed by atoms with Crippen molar-refractivity contribution in [1.29, 1.82) is 0 Å². The lowest BCUT2D eigenvalue weighted by atomic mass is 10.1. The molecule has 1 saturated heterocycles. The maximum Gasteiger partial charge on any atom is 0.272 e. The number of benzene rings is 1. The minimum atomic E-state index is -0.0191. The maximum absolute atomic E-state index is 12.8. The van der Waals surface area contributed by atoms with Gasteiger partial charge in [-0.2, -0.15) is 0 Å². The topological polar surface area (TPSA) is 61.4 Å². The molecule has 0 spiro atoms. The Bertz CT molecular complexity index is 797. The Morgan fingerprint density at radius 3 is 2.42 bits per heavy atom. The van der Waals surface area contributed by atoms with E-state index in [1.54, 1.807) is 6.07 Å². The fraction of sp³-hybridized carbons (Fsp3) is 0.450. The molecule has 2 aromatic rings. The zero-order valence-electron chi connectivity index (χ0n) is 16.0. The Labute approximate surface area is 155 Å². The summed E-state index contributed by atoms with van der Waals surface area (Å²) in [5, 5.41) is 3.23. The summed E-state index contributed by atoms with van der Waals surface area (Å²) in [5.74, 6) is 0.443. The molecule has 1 fully saturated rings. The Morgan fingerprint density at radius 1 is 1.04 bits per heavy atom. The molecule has 26 heavy (non-hydrogen) atoms. The number of amides is 1. The summed E-state index contributed by atoms with van der Waals surface area (Å²) < 4.78 is 0. The Kier molecular flexibility index (Phi) is 5.52. The van der Waals surface area contributed by atoms with Crippen molar-refractivity contribution in [1.82, 2.24) is 19.8 Å². The third-order valence-corrected chi connectivity index (χ3v) is 4.94. The lowest BCUT2D eigenvalue weighted by Gasteiger charge is -2.33. The largest absolute Gasteiger partial charge is 0.335 e. The Morgan fingerprint density at radius 2 is 1.77 bits per heavy atom. The van der Waals surface area contributed by atoms with E-state index in [1.165, 1.54) is 11.1 Å². The molecule has 1 aliphatic rings. The van der Waals surface area contributed by atoms with Gasteiger partial charge < -0.3 is 15.1 Å². The van der Waals surface area contributed by atoms with E-state index in [-0.39, 0.29) is 5.91 Å². The third kappa shape index (κ3) is 4.19. The molecule has 0 aliphatic carbocycles. The second-order valence-corrected chi connectivity index (χ2v) is 6.87. The van der Waals surface area contributed by atoms with Crippen LogP contribution in [0.1, 0.15) is 34.2 Å². The van der Waals surface area contributed by atoms with Crippen LogP contribution in [0, 0.1) is 20.8 Å². The molecule has 1 aromatic carbocycles. The van der Waals surface area contributed by atoms with E-state index in [0.29, 0.717) is 11.6 Å². The van der Waals surface area contributed by atoms with Crippen LogP contribution in [0.5, 0.6) is 0 Å². The molecule has 0 atom stereocenters. The summed E-state index contributed by atoms with van der Waals surface area (Å²) in [6.07, 6.45) is 0. The second kappa shape index (κ2) is 7.83. The van der Waals surface area contributed by atoms with Crippen molar-refractivity contribution in [2.24, 2.45) is 0 Å². The number of likely N-dealkylation sites (N-methyl/N-ethyl adjacent to an activating group) is 1. The highest BCUT2D eigenvalue weighted by molar-refractivity contribution is 5.92. The predicted octanol–water partition coefficient (Wildman–Crippen LogP) is 2.92. The molecule has 1 aromatic heterocycles. The van der Waals surface area contributed by atoms with Crippen LogP contribution in [-0.2, 0) is 0 Å². The van der Waals surface area contributed by atoms with Crippen molar-refractivity contribution < 1.29 is 4.79 Å².